The smallest absolute Gasteiger partial charge is 0.244 e. The van der Waals surface area contributed by atoms with Crippen molar-refractivity contribution >= 4 is 23.6 Å². The molecule has 2 aromatic carbocycles. The van der Waals surface area contributed by atoms with Crippen molar-refractivity contribution in [3.05, 3.63) is 64.2 Å². The molecule has 0 bridgehead atoms. The van der Waals surface area contributed by atoms with Gasteiger partial charge in [0.1, 0.15) is 0 Å². The van der Waals surface area contributed by atoms with E-state index in [0.29, 0.717) is 29.7 Å². The summed E-state index contributed by atoms with van der Waals surface area (Å²) in [4.78, 5) is 14.7. The summed E-state index contributed by atoms with van der Waals surface area (Å²) in [6.07, 6.45) is 3.47. The van der Waals surface area contributed by atoms with Gasteiger partial charge >= 0.3 is 0 Å². The van der Waals surface area contributed by atoms with E-state index in [1.54, 1.807) is 25.3 Å². The van der Waals surface area contributed by atoms with Crippen LogP contribution in [0.1, 0.15) is 30.5 Å². The molecule has 0 aliphatic carbocycles. The highest BCUT2D eigenvalue weighted by Crippen LogP contribution is 2.36. The molecule has 1 atom stereocenters. The van der Waals surface area contributed by atoms with Gasteiger partial charge in [-0.2, -0.15) is 0 Å². The Morgan fingerprint density at radius 3 is 2.88 bits per heavy atom. The Morgan fingerprint density at radius 2 is 2.12 bits per heavy atom. The largest absolute Gasteiger partial charge is 0.491 e. The summed E-state index contributed by atoms with van der Waals surface area (Å²) in [7, 11) is 1.54. The van der Waals surface area contributed by atoms with Crippen LogP contribution >= 0.6 is 11.6 Å². The lowest BCUT2D eigenvalue weighted by atomic mass is 10.1. The van der Waals surface area contributed by atoms with Gasteiger partial charge in [0.25, 0.3) is 0 Å². The molecular weight excluding hydrogens is 428 g/mol. The van der Waals surface area contributed by atoms with Gasteiger partial charge in [0.05, 0.1) is 31.5 Å². The summed E-state index contributed by atoms with van der Waals surface area (Å²) in [6.45, 7) is 8.48. The number of nitrogens with zero attached hydrogens (tertiary/aromatic N) is 1. The third-order valence-corrected chi connectivity index (χ3v) is 5.43. The molecule has 172 valence electrons. The fourth-order valence-electron chi connectivity index (χ4n) is 3.70. The maximum absolute atomic E-state index is 12.3. The molecule has 1 heterocycles. The molecule has 0 radical (unpaired) electrons. The Hall–Kier alpha value is -2.54. The van der Waals surface area contributed by atoms with Gasteiger partial charge in [-0.25, -0.2) is 0 Å². The second-order valence-electron chi connectivity index (χ2n) is 7.75. The minimum absolute atomic E-state index is 0.178. The summed E-state index contributed by atoms with van der Waals surface area (Å²) in [5, 5.41) is 3.37. The number of hydrogen-bond donors (Lipinski definition) is 1. The molecule has 3 rings (SSSR count). The van der Waals surface area contributed by atoms with Gasteiger partial charge in [-0.3, -0.25) is 9.69 Å². The molecule has 0 saturated carbocycles. The van der Waals surface area contributed by atoms with E-state index in [4.69, 9.17) is 25.8 Å². The minimum atomic E-state index is -0.178. The molecule has 1 unspecified atom stereocenters. The molecule has 6 nitrogen and oxygen atoms in total. The first kappa shape index (κ1) is 24.1. The quantitative estimate of drug-likeness (QED) is 0.568. The molecule has 1 amide bonds. The van der Waals surface area contributed by atoms with Gasteiger partial charge in [-0.05, 0) is 48.7 Å². The van der Waals surface area contributed by atoms with Crippen molar-refractivity contribution < 1.29 is 19.0 Å². The number of carbonyl (C=O) groups excluding carboxylic acids is 1. The molecule has 0 spiro atoms. The van der Waals surface area contributed by atoms with Crippen LogP contribution < -0.4 is 14.8 Å². The number of benzene rings is 2. The standard InChI is InChI=1S/C25H31ClN2O4/c1-4-31-23-14-19(13-22(26)25(23)30-3)8-9-24(29)27-15-20-6-5-7-21(12-20)17-28-10-11-32-18(2)16-28/h5-9,12-14,18H,4,10-11,15-17H2,1-3H3,(H,27,29)/b9-8+. The number of amides is 1. The van der Waals surface area contributed by atoms with Crippen LogP contribution in [0, 0.1) is 0 Å². The van der Waals surface area contributed by atoms with Crippen LogP contribution in [0.5, 0.6) is 11.5 Å². The minimum Gasteiger partial charge on any atom is -0.491 e. The highest BCUT2D eigenvalue weighted by atomic mass is 35.5. The Kier molecular flexibility index (Phi) is 8.97. The maximum Gasteiger partial charge on any atom is 0.244 e. The summed E-state index contributed by atoms with van der Waals surface area (Å²) in [5.74, 6) is 0.859. The van der Waals surface area contributed by atoms with E-state index in [-0.39, 0.29) is 12.0 Å². The third kappa shape index (κ3) is 6.99. The van der Waals surface area contributed by atoms with E-state index in [1.165, 1.54) is 11.6 Å². The number of hydrogen-bond acceptors (Lipinski definition) is 5. The highest BCUT2D eigenvalue weighted by Gasteiger charge is 2.16. The van der Waals surface area contributed by atoms with Crippen molar-refractivity contribution in [1.82, 2.24) is 10.2 Å². The Bertz CT molecular complexity index is 948. The Balaban J connectivity index is 1.56. The first-order valence-corrected chi connectivity index (χ1v) is 11.2. The fraction of sp³-hybridized carbons (Fsp3) is 0.400. The van der Waals surface area contributed by atoms with E-state index < -0.39 is 0 Å². The van der Waals surface area contributed by atoms with E-state index >= 15 is 0 Å². The highest BCUT2D eigenvalue weighted by molar-refractivity contribution is 6.32. The zero-order chi connectivity index (χ0) is 22.9. The normalized spacial score (nSPS) is 16.8. The summed E-state index contributed by atoms with van der Waals surface area (Å²) < 4.78 is 16.5. The lowest BCUT2D eigenvalue weighted by Crippen LogP contribution is -2.40. The van der Waals surface area contributed by atoms with Crippen molar-refractivity contribution in [3.63, 3.8) is 0 Å². The molecule has 2 aromatic rings. The molecule has 32 heavy (non-hydrogen) atoms. The van der Waals surface area contributed by atoms with Crippen LogP contribution in [0.2, 0.25) is 5.02 Å². The lowest BCUT2D eigenvalue weighted by molar-refractivity contribution is -0.116. The summed E-state index contributed by atoms with van der Waals surface area (Å²) in [6, 6.07) is 11.9. The first-order chi connectivity index (χ1) is 15.5. The second kappa shape index (κ2) is 11.9. The van der Waals surface area contributed by atoms with Gasteiger partial charge < -0.3 is 19.5 Å². The van der Waals surface area contributed by atoms with Crippen LogP contribution in [0.15, 0.2) is 42.5 Å². The topological polar surface area (TPSA) is 60.0 Å². The Labute approximate surface area is 195 Å². The number of halogens is 1. The number of nitrogens with one attached hydrogen (secondary N) is 1. The zero-order valence-electron chi connectivity index (χ0n) is 18.9. The maximum atomic E-state index is 12.3. The van der Waals surface area contributed by atoms with Crippen molar-refractivity contribution in [2.24, 2.45) is 0 Å². The van der Waals surface area contributed by atoms with Crippen molar-refractivity contribution in [2.75, 3.05) is 33.4 Å². The predicted octanol–water partition coefficient (Wildman–Crippen LogP) is 4.30. The molecular formula is C25H31ClN2O4. The molecule has 1 aliphatic heterocycles. The molecule has 1 saturated heterocycles. The molecule has 7 heteroatoms. The van der Waals surface area contributed by atoms with E-state index in [1.807, 2.05) is 19.1 Å². The lowest BCUT2D eigenvalue weighted by Gasteiger charge is -2.31. The van der Waals surface area contributed by atoms with E-state index in [0.717, 1.165) is 37.4 Å². The monoisotopic (exact) mass is 458 g/mol. The predicted molar refractivity (Wildman–Crippen MR) is 127 cm³/mol. The van der Waals surface area contributed by atoms with Gasteiger partial charge in [-0.15, -0.1) is 0 Å². The SMILES string of the molecule is CCOc1cc(/C=C/C(=O)NCc2cccc(CN3CCOC(C)C3)c2)cc(Cl)c1OC. The summed E-state index contributed by atoms with van der Waals surface area (Å²) in [5.41, 5.74) is 3.06. The van der Waals surface area contributed by atoms with Gasteiger partial charge in [-0.1, -0.05) is 35.9 Å². The van der Waals surface area contributed by atoms with Crippen molar-refractivity contribution in [1.29, 1.82) is 0 Å². The number of rotatable bonds is 9. The Morgan fingerprint density at radius 1 is 1.31 bits per heavy atom. The fourth-order valence-corrected chi connectivity index (χ4v) is 3.99. The second-order valence-corrected chi connectivity index (χ2v) is 8.16. The van der Waals surface area contributed by atoms with Gasteiger partial charge in [0, 0.05) is 32.3 Å². The average Bonchev–Trinajstić information content (AvgIpc) is 2.77. The van der Waals surface area contributed by atoms with Crippen LogP contribution in [-0.2, 0) is 22.6 Å². The summed E-state index contributed by atoms with van der Waals surface area (Å²) >= 11 is 6.27. The van der Waals surface area contributed by atoms with Crippen LogP contribution in [-0.4, -0.2) is 50.3 Å². The van der Waals surface area contributed by atoms with Gasteiger partial charge in [0.15, 0.2) is 11.5 Å². The van der Waals surface area contributed by atoms with Crippen LogP contribution in [0.4, 0.5) is 0 Å². The molecule has 1 fully saturated rings. The average molecular weight is 459 g/mol. The van der Waals surface area contributed by atoms with Crippen LogP contribution in [0.25, 0.3) is 6.08 Å². The number of morpholine rings is 1. The molecule has 1 N–H and O–H groups in total. The molecule has 0 aromatic heterocycles. The number of methoxy groups -OCH3 is 1. The number of carbonyl (C=O) groups is 1. The molecule has 1 aliphatic rings. The van der Waals surface area contributed by atoms with E-state index in [2.05, 4.69) is 29.3 Å². The van der Waals surface area contributed by atoms with Gasteiger partial charge in [0.2, 0.25) is 5.91 Å². The van der Waals surface area contributed by atoms with Crippen molar-refractivity contribution in [3.8, 4) is 11.5 Å². The third-order valence-electron chi connectivity index (χ3n) is 5.15. The zero-order valence-corrected chi connectivity index (χ0v) is 19.7. The number of ether oxygens (including phenoxy) is 3. The van der Waals surface area contributed by atoms with Crippen molar-refractivity contribution in [2.45, 2.75) is 33.0 Å². The van der Waals surface area contributed by atoms with Crippen LogP contribution in [0.3, 0.4) is 0 Å². The van der Waals surface area contributed by atoms with E-state index in [9.17, 15) is 4.79 Å². The first-order valence-electron chi connectivity index (χ1n) is 10.9.